The lowest BCUT2D eigenvalue weighted by Crippen LogP contribution is -2.31. The Hall–Kier alpha value is -2.82. The van der Waals surface area contributed by atoms with Gasteiger partial charge in [0.1, 0.15) is 13.2 Å². The van der Waals surface area contributed by atoms with E-state index in [1.807, 2.05) is 0 Å². The lowest BCUT2D eigenvalue weighted by atomic mass is 10.2. The molecule has 1 aliphatic rings. The van der Waals surface area contributed by atoms with Crippen LogP contribution in [0, 0.1) is 0 Å². The largest absolute Gasteiger partial charge is 0.486 e. The first kappa shape index (κ1) is 24.8. The number of fused-ring (bicyclic) bond motifs is 1. The van der Waals surface area contributed by atoms with Gasteiger partial charge in [0.2, 0.25) is 10.0 Å². The van der Waals surface area contributed by atoms with Gasteiger partial charge in [0.05, 0.1) is 15.5 Å². The average molecular weight is 497 g/mol. The van der Waals surface area contributed by atoms with Gasteiger partial charge in [-0.05, 0) is 37.3 Å². The summed E-state index contributed by atoms with van der Waals surface area (Å²) < 4.78 is 43.0. The van der Waals surface area contributed by atoms with Crippen LogP contribution in [-0.4, -0.2) is 57.0 Å². The summed E-state index contributed by atoms with van der Waals surface area (Å²) in [4.78, 5) is 25.1. The van der Waals surface area contributed by atoms with Crippen molar-refractivity contribution in [2.45, 2.75) is 31.8 Å². The molecule has 0 radical (unpaired) electrons. The second kappa shape index (κ2) is 10.4. The molecule has 3 rings (SSSR count). The van der Waals surface area contributed by atoms with Crippen molar-refractivity contribution >= 4 is 39.2 Å². The van der Waals surface area contributed by atoms with E-state index in [0.29, 0.717) is 30.4 Å². The topological polar surface area (TPSA) is 111 Å². The predicted octanol–water partition coefficient (Wildman–Crippen LogP) is 3.33. The fraction of sp³-hybridized carbons (Fsp3) is 0.364. The van der Waals surface area contributed by atoms with E-state index >= 15 is 0 Å². The van der Waals surface area contributed by atoms with Gasteiger partial charge in [-0.15, -0.1) is 0 Å². The highest BCUT2D eigenvalue weighted by Crippen LogP contribution is 2.32. The highest BCUT2D eigenvalue weighted by molar-refractivity contribution is 7.89. The van der Waals surface area contributed by atoms with Crippen LogP contribution < -0.4 is 14.8 Å². The summed E-state index contributed by atoms with van der Waals surface area (Å²) in [5, 5.41) is 2.65. The summed E-state index contributed by atoms with van der Waals surface area (Å²) in [6, 6.07) is 8.71. The van der Waals surface area contributed by atoms with E-state index in [1.165, 1.54) is 23.4 Å². The van der Waals surface area contributed by atoms with Crippen LogP contribution in [0.25, 0.3) is 0 Å². The molecule has 0 aromatic heterocycles. The molecule has 0 saturated carbocycles. The number of carbonyl (C=O) groups is 2. The number of carbonyl (C=O) groups excluding carboxylic acids is 2. The van der Waals surface area contributed by atoms with Crippen LogP contribution in [0.4, 0.5) is 5.69 Å². The number of esters is 1. The van der Waals surface area contributed by atoms with E-state index in [-0.39, 0.29) is 28.6 Å². The molecule has 0 spiro atoms. The van der Waals surface area contributed by atoms with Crippen LogP contribution in [-0.2, 0) is 19.6 Å². The van der Waals surface area contributed by atoms with Gasteiger partial charge < -0.3 is 19.5 Å². The summed E-state index contributed by atoms with van der Waals surface area (Å²) in [6.45, 7) is 6.24. The summed E-state index contributed by atoms with van der Waals surface area (Å²) in [5.74, 6) is -0.417. The van der Waals surface area contributed by atoms with Gasteiger partial charge in [0, 0.05) is 24.8 Å². The lowest BCUT2D eigenvalue weighted by molar-refractivity contribution is -0.123. The number of anilines is 1. The van der Waals surface area contributed by atoms with E-state index in [9.17, 15) is 18.0 Å². The maximum atomic E-state index is 12.8. The second-order valence-corrected chi connectivity index (χ2v) is 9.47. The average Bonchev–Trinajstić information content (AvgIpc) is 2.79. The minimum atomic E-state index is -3.80. The standard InChI is InChI=1S/C22H25ClN2O7S/c1-4-25(5-2)33(28,29)16-7-8-18(23)17(13-16)22(27)32-14(3)21(26)24-15-6-9-19-20(12-15)31-11-10-30-19/h6-9,12-14H,4-5,10-11H2,1-3H3,(H,24,26)/t14-/m1/s1. The molecular formula is C22H25ClN2O7S. The van der Waals surface area contributed by atoms with Gasteiger partial charge in [0.25, 0.3) is 5.91 Å². The number of ether oxygens (including phenoxy) is 3. The number of amides is 1. The highest BCUT2D eigenvalue weighted by atomic mass is 35.5. The molecule has 0 bridgehead atoms. The van der Waals surface area contributed by atoms with Crippen LogP contribution in [0.15, 0.2) is 41.3 Å². The van der Waals surface area contributed by atoms with Crippen molar-refractivity contribution in [3.05, 3.63) is 47.0 Å². The summed E-state index contributed by atoms with van der Waals surface area (Å²) >= 11 is 6.11. The van der Waals surface area contributed by atoms with Crippen molar-refractivity contribution in [2.75, 3.05) is 31.6 Å². The fourth-order valence-corrected chi connectivity index (χ4v) is 4.86. The first-order chi connectivity index (χ1) is 15.7. The number of sulfonamides is 1. The molecule has 33 heavy (non-hydrogen) atoms. The Balaban J connectivity index is 1.72. The molecule has 1 N–H and O–H groups in total. The van der Waals surface area contributed by atoms with Crippen molar-refractivity contribution in [1.29, 1.82) is 0 Å². The van der Waals surface area contributed by atoms with Crippen molar-refractivity contribution < 1.29 is 32.2 Å². The zero-order chi connectivity index (χ0) is 24.2. The van der Waals surface area contributed by atoms with Gasteiger partial charge in [-0.1, -0.05) is 25.4 Å². The molecule has 1 atom stereocenters. The van der Waals surface area contributed by atoms with Crippen LogP contribution in [0.1, 0.15) is 31.1 Å². The number of hydrogen-bond acceptors (Lipinski definition) is 7. The van der Waals surface area contributed by atoms with E-state index in [4.69, 9.17) is 25.8 Å². The molecule has 1 amide bonds. The molecular weight excluding hydrogens is 472 g/mol. The van der Waals surface area contributed by atoms with Crippen molar-refractivity contribution in [3.63, 3.8) is 0 Å². The predicted molar refractivity (Wildman–Crippen MR) is 122 cm³/mol. The Bertz CT molecular complexity index is 1150. The molecule has 1 aliphatic heterocycles. The first-order valence-corrected chi connectivity index (χ1v) is 12.2. The molecule has 0 saturated heterocycles. The Kier molecular flexibility index (Phi) is 7.83. The molecule has 2 aromatic carbocycles. The van der Waals surface area contributed by atoms with E-state index in [2.05, 4.69) is 5.32 Å². The molecule has 1 heterocycles. The third kappa shape index (κ3) is 5.58. The van der Waals surface area contributed by atoms with Crippen molar-refractivity contribution in [1.82, 2.24) is 4.31 Å². The Morgan fingerprint density at radius 3 is 2.42 bits per heavy atom. The third-order valence-corrected chi connectivity index (χ3v) is 7.34. The Morgan fingerprint density at radius 1 is 1.09 bits per heavy atom. The van der Waals surface area contributed by atoms with Gasteiger partial charge in [-0.3, -0.25) is 4.79 Å². The van der Waals surface area contributed by atoms with Crippen molar-refractivity contribution in [2.24, 2.45) is 0 Å². The molecule has 0 fully saturated rings. The fourth-order valence-electron chi connectivity index (χ4n) is 3.18. The summed E-state index contributed by atoms with van der Waals surface area (Å²) in [6.07, 6.45) is -1.18. The van der Waals surface area contributed by atoms with Gasteiger partial charge in [-0.25, -0.2) is 13.2 Å². The Morgan fingerprint density at radius 2 is 1.76 bits per heavy atom. The van der Waals surface area contributed by atoms with E-state index in [0.717, 1.165) is 6.07 Å². The lowest BCUT2D eigenvalue weighted by Gasteiger charge is -2.20. The number of nitrogens with one attached hydrogen (secondary N) is 1. The van der Waals surface area contributed by atoms with Crippen LogP contribution >= 0.6 is 11.6 Å². The number of hydrogen-bond donors (Lipinski definition) is 1. The van der Waals surface area contributed by atoms with Crippen LogP contribution in [0.2, 0.25) is 5.02 Å². The molecule has 2 aromatic rings. The minimum absolute atomic E-state index is 0.0120. The van der Waals surface area contributed by atoms with Gasteiger partial charge >= 0.3 is 5.97 Å². The van der Waals surface area contributed by atoms with Crippen LogP contribution in [0.5, 0.6) is 11.5 Å². The summed E-state index contributed by atoms with van der Waals surface area (Å²) in [5.41, 5.74) is 0.293. The number of halogens is 1. The SMILES string of the molecule is CCN(CC)S(=O)(=O)c1ccc(Cl)c(C(=O)O[C@H](C)C(=O)Nc2ccc3c(c2)OCCO3)c1. The molecule has 0 aliphatic carbocycles. The van der Waals surface area contributed by atoms with E-state index in [1.54, 1.807) is 32.0 Å². The monoisotopic (exact) mass is 496 g/mol. The number of rotatable bonds is 8. The maximum Gasteiger partial charge on any atom is 0.340 e. The second-order valence-electron chi connectivity index (χ2n) is 7.13. The highest BCUT2D eigenvalue weighted by Gasteiger charge is 2.26. The quantitative estimate of drug-likeness (QED) is 0.558. The maximum absolute atomic E-state index is 12.8. The molecule has 178 valence electrons. The van der Waals surface area contributed by atoms with Gasteiger partial charge in [-0.2, -0.15) is 4.31 Å². The third-order valence-electron chi connectivity index (χ3n) is 4.96. The number of nitrogens with zero attached hydrogens (tertiary/aromatic N) is 1. The Labute approximate surface area is 197 Å². The van der Waals surface area contributed by atoms with Crippen molar-refractivity contribution in [3.8, 4) is 11.5 Å². The van der Waals surface area contributed by atoms with Crippen LogP contribution in [0.3, 0.4) is 0 Å². The first-order valence-electron chi connectivity index (χ1n) is 10.4. The zero-order valence-corrected chi connectivity index (χ0v) is 20.0. The summed E-state index contributed by atoms with van der Waals surface area (Å²) in [7, 11) is -3.80. The molecule has 0 unspecified atom stereocenters. The number of benzene rings is 2. The molecule has 11 heteroatoms. The van der Waals surface area contributed by atoms with Gasteiger partial charge in [0.15, 0.2) is 17.6 Å². The van der Waals surface area contributed by atoms with E-state index < -0.39 is 28.0 Å². The molecule has 9 nitrogen and oxygen atoms in total. The normalized spacial score (nSPS) is 14.0. The zero-order valence-electron chi connectivity index (χ0n) is 18.5. The minimum Gasteiger partial charge on any atom is -0.486 e. The smallest absolute Gasteiger partial charge is 0.340 e.